The van der Waals surface area contributed by atoms with Crippen LogP contribution in [-0.4, -0.2) is 16.9 Å². The van der Waals surface area contributed by atoms with Crippen molar-refractivity contribution in [1.29, 1.82) is 0 Å². The number of ether oxygens (including phenoxy) is 1. The van der Waals surface area contributed by atoms with Gasteiger partial charge >= 0.3 is 0 Å². The van der Waals surface area contributed by atoms with Gasteiger partial charge in [0.25, 0.3) is 0 Å². The van der Waals surface area contributed by atoms with Crippen LogP contribution in [0.25, 0.3) is 5.00 Å². The normalized spacial score (nSPS) is 10.3. The molecule has 2 aromatic rings. The molecular weight excluding hydrogens is 184 g/mol. The minimum absolute atomic E-state index is 0.783. The van der Waals surface area contributed by atoms with Gasteiger partial charge in [-0.05, 0) is 19.1 Å². The largest absolute Gasteiger partial charge is 0.493 e. The summed E-state index contributed by atoms with van der Waals surface area (Å²) in [6.45, 7) is 2.08. The van der Waals surface area contributed by atoms with E-state index in [1.165, 1.54) is 4.88 Å². The molecule has 0 fully saturated rings. The van der Waals surface area contributed by atoms with Crippen molar-refractivity contribution in [1.82, 2.24) is 9.78 Å². The Morgan fingerprint density at radius 3 is 2.85 bits per heavy atom. The smallest absolute Gasteiger partial charge is 0.157 e. The zero-order chi connectivity index (χ0) is 9.26. The van der Waals surface area contributed by atoms with E-state index >= 15 is 0 Å². The first-order chi connectivity index (χ1) is 6.29. The van der Waals surface area contributed by atoms with E-state index in [0.717, 1.165) is 10.8 Å². The average Bonchev–Trinajstić information content (AvgIpc) is 2.71. The lowest BCUT2D eigenvalue weighted by molar-refractivity contribution is 0.414. The quantitative estimate of drug-likeness (QED) is 0.733. The van der Waals surface area contributed by atoms with E-state index in [1.54, 1.807) is 24.6 Å². The van der Waals surface area contributed by atoms with Crippen molar-refractivity contribution >= 4 is 11.3 Å². The van der Waals surface area contributed by atoms with Crippen LogP contribution < -0.4 is 4.74 Å². The van der Waals surface area contributed by atoms with Gasteiger partial charge in [-0.25, -0.2) is 4.68 Å². The third kappa shape index (κ3) is 1.58. The molecule has 0 radical (unpaired) electrons. The Labute approximate surface area is 80.6 Å². The highest BCUT2D eigenvalue weighted by Gasteiger charge is 2.01. The maximum Gasteiger partial charge on any atom is 0.157 e. The first-order valence-electron chi connectivity index (χ1n) is 3.95. The molecule has 0 N–H and O–H groups in total. The van der Waals surface area contributed by atoms with Gasteiger partial charge in [-0.15, -0.1) is 11.3 Å². The van der Waals surface area contributed by atoms with Crippen LogP contribution in [0.1, 0.15) is 4.88 Å². The summed E-state index contributed by atoms with van der Waals surface area (Å²) in [4.78, 5) is 1.28. The number of aryl methyl sites for hydroxylation is 1. The molecule has 0 spiro atoms. The second kappa shape index (κ2) is 3.22. The Kier molecular flexibility index (Phi) is 2.06. The van der Waals surface area contributed by atoms with Crippen LogP contribution in [0.15, 0.2) is 24.5 Å². The van der Waals surface area contributed by atoms with Crippen molar-refractivity contribution in [3.8, 4) is 10.8 Å². The molecule has 2 heterocycles. The van der Waals surface area contributed by atoms with Crippen LogP contribution in [-0.2, 0) is 0 Å². The fraction of sp³-hybridized carbons (Fsp3) is 0.222. The number of thiophene rings is 1. The summed E-state index contributed by atoms with van der Waals surface area (Å²) in [5.74, 6) is 0.783. The molecule has 2 aromatic heterocycles. The number of nitrogens with zero attached hydrogens (tertiary/aromatic N) is 2. The molecule has 0 atom stereocenters. The van der Waals surface area contributed by atoms with Gasteiger partial charge in [-0.1, -0.05) is 0 Å². The van der Waals surface area contributed by atoms with Gasteiger partial charge < -0.3 is 4.74 Å². The minimum Gasteiger partial charge on any atom is -0.493 e. The average molecular weight is 194 g/mol. The van der Waals surface area contributed by atoms with E-state index < -0.39 is 0 Å². The van der Waals surface area contributed by atoms with Gasteiger partial charge in [-0.2, -0.15) is 5.10 Å². The minimum atomic E-state index is 0.783. The summed E-state index contributed by atoms with van der Waals surface area (Å²) >= 11 is 1.71. The van der Waals surface area contributed by atoms with Gasteiger partial charge in [0.05, 0.1) is 19.5 Å². The molecule has 2 rings (SSSR count). The Morgan fingerprint density at radius 2 is 2.31 bits per heavy atom. The fourth-order valence-electron chi connectivity index (χ4n) is 1.08. The predicted octanol–water partition coefficient (Wildman–Crippen LogP) is 2.25. The van der Waals surface area contributed by atoms with Crippen LogP contribution >= 0.6 is 11.3 Å². The molecule has 3 nitrogen and oxygen atoms in total. The Morgan fingerprint density at radius 1 is 1.46 bits per heavy atom. The summed E-state index contributed by atoms with van der Waals surface area (Å²) < 4.78 is 6.86. The zero-order valence-electron chi connectivity index (χ0n) is 7.52. The van der Waals surface area contributed by atoms with Crippen LogP contribution in [0.4, 0.5) is 0 Å². The van der Waals surface area contributed by atoms with Gasteiger partial charge in [0.2, 0.25) is 0 Å². The molecule has 0 amide bonds. The van der Waals surface area contributed by atoms with Crippen LogP contribution in [0.5, 0.6) is 5.75 Å². The van der Waals surface area contributed by atoms with E-state index in [-0.39, 0.29) is 0 Å². The molecule has 0 aliphatic rings. The van der Waals surface area contributed by atoms with Gasteiger partial charge in [0.15, 0.2) is 5.75 Å². The van der Waals surface area contributed by atoms with Crippen molar-refractivity contribution in [2.45, 2.75) is 6.92 Å². The summed E-state index contributed by atoms with van der Waals surface area (Å²) in [7, 11) is 1.64. The number of rotatable bonds is 2. The van der Waals surface area contributed by atoms with E-state index in [2.05, 4.69) is 18.1 Å². The highest BCUT2D eigenvalue weighted by molar-refractivity contribution is 7.14. The molecule has 0 unspecified atom stereocenters. The maximum atomic E-state index is 5.04. The summed E-state index contributed by atoms with van der Waals surface area (Å²) in [6.07, 6.45) is 3.57. The van der Waals surface area contributed by atoms with Gasteiger partial charge in [0, 0.05) is 4.88 Å². The Bertz CT molecular complexity index is 405. The number of hydrogen-bond donors (Lipinski definition) is 0. The van der Waals surface area contributed by atoms with Crippen molar-refractivity contribution < 1.29 is 4.74 Å². The highest BCUT2D eigenvalue weighted by atomic mass is 32.1. The summed E-state index contributed by atoms with van der Waals surface area (Å²) in [5, 5.41) is 5.28. The zero-order valence-corrected chi connectivity index (χ0v) is 8.34. The highest BCUT2D eigenvalue weighted by Crippen LogP contribution is 2.20. The molecule has 0 saturated carbocycles. The molecule has 0 aromatic carbocycles. The second-order valence-electron chi connectivity index (χ2n) is 2.71. The molecular formula is C9H10N2OS. The molecule has 4 heteroatoms. The lowest BCUT2D eigenvalue weighted by Crippen LogP contribution is -1.88. The van der Waals surface area contributed by atoms with Crippen LogP contribution in [0, 0.1) is 6.92 Å². The lowest BCUT2D eigenvalue weighted by atomic mass is 10.5. The summed E-state index contributed by atoms with van der Waals surface area (Å²) in [6, 6.07) is 4.13. The van der Waals surface area contributed by atoms with Crippen molar-refractivity contribution in [3.05, 3.63) is 29.4 Å². The first-order valence-corrected chi connectivity index (χ1v) is 4.77. The fourth-order valence-corrected chi connectivity index (χ4v) is 1.87. The molecule has 0 aliphatic carbocycles. The Hall–Kier alpha value is -1.29. The van der Waals surface area contributed by atoms with Crippen molar-refractivity contribution in [2.75, 3.05) is 7.11 Å². The number of methoxy groups -OCH3 is 1. The Balaban J connectivity index is 2.35. The van der Waals surface area contributed by atoms with Crippen LogP contribution in [0.2, 0.25) is 0 Å². The molecule has 0 bridgehead atoms. The standard InChI is InChI=1S/C9H10N2OS/c1-7-3-4-9(13-7)11-6-8(12-2)5-10-11/h3-6H,1-2H3. The molecule has 0 saturated heterocycles. The van der Waals surface area contributed by atoms with E-state index in [0.29, 0.717) is 0 Å². The first kappa shape index (κ1) is 8.31. The van der Waals surface area contributed by atoms with E-state index in [4.69, 9.17) is 4.74 Å². The third-order valence-electron chi connectivity index (χ3n) is 1.75. The van der Waals surface area contributed by atoms with Gasteiger partial charge in [-0.3, -0.25) is 0 Å². The van der Waals surface area contributed by atoms with Gasteiger partial charge in [0.1, 0.15) is 5.00 Å². The lowest BCUT2D eigenvalue weighted by Gasteiger charge is -1.93. The SMILES string of the molecule is COc1cnn(-c2ccc(C)s2)c1. The molecule has 68 valence electrons. The van der Waals surface area contributed by atoms with Crippen molar-refractivity contribution in [3.63, 3.8) is 0 Å². The third-order valence-corrected chi connectivity index (χ3v) is 2.74. The monoisotopic (exact) mass is 194 g/mol. The molecule has 13 heavy (non-hydrogen) atoms. The number of hydrogen-bond acceptors (Lipinski definition) is 3. The van der Waals surface area contributed by atoms with Crippen LogP contribution in [0.3, 0.4) is 0 Å². The van der Waals surface area contributed by atoms with E-state index in [9.17, 15) is 0 Å². The van der Waals surface area contributed by atoms with E-state index in [1.807, 2.05) is 16.9 Å². The van der Waals surface area contributed by atoms with Crippen molar-refractivity contribution in [2.24, 2.45) is 0 Å². The summed E-state index contributed by atoms with van der Waals surface area (Å²) in [5.41, 5.74) is 0. The number of aromatic nitrogens is 2. The molecule has 0 aliphatic heterocycles. The second-order valence-corrected chi connectivity index (χ2v) is 3.98. The maximum absolute atomic E-state index is 5.04. The predicted molar refractivity (Wildman–Crippen MR) is 52.7 cm³/mol. The topological polar surface area (TPSA) is 27.1 Å².